The molecule has 0 aromatic carbocycles. The van der Waals surface area contributed by atoms with Crippen LogP contribution < -0.4 is 11.1 Å². The first-order valence-corrected chi connectivity index (χ1v) is 9.18. The first-order chi connectivity index (χ1) is 7.89. The maximum Gasteiger partial charge on any atom is 0.335 e. The summed E-state index contributed by atoms with van der Waals surface area (Å²) in [5.41, 5.74) is 5.43. The number of nitrogens with two attached hydrogens (primary N) is 1. The van der Waals surface area contributed by atoms with E-state index in [0.29, 0.717) is 6.54 Å². The van der Waals surface area contributed by atoms with Crippen molar-refractivity contribution in [2.24, 2.45) is 5.73 Å². The molecule has 4 nitrogen and oxygen atoms in total. The van der Waals surface area contributed by atoms with E-state index >= 15 is 0 Å². The van der Waals surface area contributed by atoms with Crippen LogP contribution in [0, 0.1) is 0 Å². The third kappa shape index (κ3) is 9.73. The molecule has 0 atom stereocenters. The van der Waals surface area contributed by atoms with Crippen molar-refractivity contribution in [3.8, 4) is 0 Å². The predicted molar refractivity (Wildman–Crippen MR) is 75.4 cm³/mol. The Labute approximate surface area is 107 Å². The first kappa shape index (κ1) is 17.1. The molecule has 0 rings (SSSR count). The number of hydrogen-bond donors (Lipinski definition) is 2. The zero-order valence-electron chi connectivity index (χ0n) is 12.1. The van der Waals surface area contributed by atoms with Gasteiger partial charge in [-0.1, -0.05) is 0 Å². The molecule has 0 fully saturated rings. The van der Waals surface area contributed by atoms with Crippen molar-refractivity contribution >= 4 is 8.56 Å². The highest BCUT2D eigenvalue weighted by atomic mass is 28.4. The Kier molecular flexibility index (Phi) is 9.08. The Morgan fingerprint density at radius 3 is 2.00 bits per heavy atom. The van der Waals surface area contributed by atoms with E-state index in [1.165, 1.54) is 0 Å². The molecule has 0 radical (unpaired) electrons. The summed E-state index contributed by atoms with van der Waals surface area (Å²) in [4.78, 5) is 0. The van der Waals surface area contributed by atoms with E-state index in [-0.39, 0.29) is 12.2 Å². The lowest BCUT2D eigenvalue weighted by atomic mass is 10.5. The maximum atomic E-state index is 6.02. The van der Waals surface area contributed by atoms with Gasteiger partial charge in [-0.15, -0.1) is 0 Å². The first-order valence-electron chi connectivity index (χ1n) is 6.66. The lowest BCUT2D eigenvalue weighted by Crippen LogP contribution is -2.43. The predicted octanol–water partition coefficient (Wildman–Crippen LogP) is 1.85. The summed E-state index contributed by atoms with van der Waals surface area (Å²) in [6, 6.07) is 1.03. The van der Waals surface area contributed by atoms with Gasteiger partial charge in [-0.2, -0.15) is 0 Å². The SMILES string of the molecule is CC(C)O[Si](C)(CCCNCCN)OC(C)C. The fourth-order valence-corrected chi connectivity index (χ4v) is 5.01. The van der Waals surface area contributed by atoms with Gasteiger partial charge in [0.05, 0.1) is 0 Å². The summed E-state index contributed by atoms with van der Waals surface area (Å²) < 4.78 is 12.0. The average molecular weight is 262 g/mol. The minimum absolute atomic E-state index is 0.238. The Morgan fingerprint density at radius 1 is 1.06 bits per heavy atom. The Hall–Kier alpha value is 0.0569. The lowest BCUT2D eigenvalue weighted by molar-refractivity contribution is 0.109. The van der Waals surface area contributed by atoms with Crippen molar-refractivity contribution in [2.75, 3.05) is 19.6 Å². The zero-order chi connectivity index (χ0) is 13.3. The molecule has 0 aliphatic rings. The molecule has 0 aromatic rings. The molecule has 0 amide bonds. The number of nitrogens with one attached hydrogen (secondary N) is 1. The van der Waals surface area contributed by atoms with E-state index in [9.17, 15) is 0 Å². The van der Waals surface area contributed by atoms with Gasteiger partial charge >= 0.3 is 8.56 Å². The Bertz CT molecular complexity index is 179. The summed E-state index contributed by atoms with van der Waals surface area (Å²) in [7, 11) is -2.01. The molecular weight excluding hydrogens is 232 g/mol. The van der Waals surface area contributed by atoms with Crippen molar-refractivity contribution < 1.29 is 8.85 Å². The van der Waals surface area contributed by atoms with Crippen LogP contribution in [0.2, 0.25) is 12.6 Å². The van der Waals surface area contributed by atoms with Gasteiger partial charge in [0.25, 0.3) is 0 Å². The van der Waals surface area contributed by atoms with Gasteiger partial charge in [0.15, 0.2) is 0 Å². The molecule has 5 heteroatoms. The van der Waals surface area contributed by atoms with Gasteiger partial charge in [-0.25, -0.2) is 0 Å². The standard InChI is InChI=1S/C12H30N2O2Si/c1-11(2)15-17(5,16-12(3)4)10-6-8-14-9-7-13/h11-12,14H,6-10,13H2,1-5H3. The molecule has 0 unspecified atom stereocenters. The molecule has 0 heterocycles. The molecular formula is C12H30N2O2Si. The normalized spacial score (nSPS) is 12.7. The van der Waals surface area contributed by atoms with Crippen LogP contribution in [0.3, 0.4) is 0 Å². The highest BCUT2D eigenvalue weighted by molar-refractivity contribution is 6.66. The van der Waals surface area contributed by atoms with Crippen molar-refractivity contribution in [3.05, 3.63) is 0 Å². The van der Waals surface area contributed by atoms with Gasteiger partial charge in [0.1, 0.15) is 0 Å². The van der Waals surface area contributed by atoms with Crippen LogP contribution >= 0.6 is 0 Å². The fourth-order valence-electron chi connectivity index (χ4n) is 1.90. The van der Waals surface area contributed by atoms with E-state index in [2.05, 4.69) is 39.6 Å². The fraction of sp³-hybridized carbons (Fsp3) is 1.00. The van der Waals surface area contributed by atoms with Crippen LogP contribution in [0.1, 0.15) is 34.1 Å². The summed E-state index contributed by atoms with van der Waals surface area (Å²) in [5.74, 6) is 0. The third-order valence-electron chi connectivity index (χ3n) is 2.28. The van der Waals surface area contributed by atoms with Gasteiger partial charge in [0, 0.05) is 25.3 Å². The average Bonchev–Trinajstić information content (AvgIpc) is 2.14. The van der Waals surface area contributed by atoms with Gasteiger partial charge < -0.3 is 19.9 Å². The van der Waals surface area contributed by atoms with E-state index in [1.54, 1.807) is 0 Å². The molecule has 3 N–H and O–H groups in total. The summed E-state index contributed by atoms with van der Waals surface area (Å²) in [5, 5.41) is 3.30. The second-order valence-corrected chi connectivity index (χ2v) is 8.35. The minimum atomic E-state index is -2.01. The summed E-state index contributed by atoms with van der Waals surface area (Å²) in [6.07, 6.45) is 1.56. The minimum Gasteiger partial charge on any atom is -0.392 e. The topological polar surface area (TPSA) is 56.5 Å². The van der Waals surface area contributed by atoms with Crippen LogP contribution in [0.25, 0.3) is 0 Å². The molecule has 0 saturated heterocycles. The quantitative estimate of drug-likeness (QED) is 0.466. The summed E-state index contributed by atoms with van der Waals surface area (Å²) in [6.45, 7) is 13.0. The van der Waals surface area contributed by atoms with Gasteiger partial charge in [-0.05, 0) is 53.3 Å². The largest absolute Gasteiger partial charge is 0.392 e. The van der Waals surface area contributed by atoms with Crippen LogP contribution in [0.5, 0.6) is 0 Å². The van der Waals surface area contributed by atoms with Crippen LogP contribution in [-0.4, -0.2) is 40.4 Å². The van der Waals surface area contributed by atoms with Crippen molar-refractivity contribution in [2.45, 2.75) is 58.9 Å². The van der Waals surface area contributed by atoms with Crippen molar-refractivity contribution in [1.29, 1.82) is 0 Å². The van der Waals surface area contributed by atoms with E-state index in [0.717, 1.165) is 25.6 Å². The van der Waals surface area contributed by atoms with Crippen molar-refractivity contribution in [1.82, 2.24) is 5.32 Å². The second-order valence-electron chi connectivity index (χ2n) is 5.11. The van der Waals surface area contributed by atoms with Crippen molar-refractivity contribution in [3.63, 3.8) is 0 Å². The molecule has 0 saturated carbocycles. The Balaban J connectivity index is 4.00. The van der Waals surface area contributed by atoms with Crippen LogP contribution in [-0.2, 0) is 8.85 Å². The van der Waals surface area contributed by atoms with E-state index in [4.69, 9.17) is 14.6 Å². The monoisotopic (exact) mass is 262 g/mol. The molecule has 104 valence electrons. The highest BCUT2D eigenvalue weighted by Gasteiger charge is 2.33. The van der Waals surface area contributed by atoms with Gasteiger partial charge in [-0.3, -0.25) is 0 Å². The molecule has 0 aromatic heterocycles. The third-order valence-corrected chi connectivity index (χ3v) is 5.48. The molecule has 0 spiro atoms. The van der Waals surface area contributed by atoms with Crippen LogP contribution in [0.15, 0.2) is 0 Å². The second kappa shape index (κ2) is 9.05. The summed E-state index contributed by atoms with van der Waals surface area (Å²) >= 11 is 0. The molecule has 0 aliphatic carbocycles. The van der Waals surface area contributed by atoms with E-state index < -0.39 is 8.56 Å². The Morgan fingerprint density at radius 2 is 1.59 bits per heavy atom. The maximum absolute atomic E-state index is 6.02. The number of rotatable bonds is 10. The molecule has 0 aliphatic heterocycles. The zero-order valence-corrected chi connectivity index (χ0v) is 13.1. The smallest absolute Gasteiger partial charge is 0.335 e. The van der Waals surface area contributed by atoms with E-state index in [1.807, 2.05) is 0 Å². The highest BCUT2D eigenvalue weighted by Crippen LogP contribution is 2.19. The van der Waals surface area contributed by atoms with Gasteiger partial charge in [0.2, 0.25) is 0 Å². The molecule has 17 heavy (non-hydrogen) atoms. The lowest BCUT2D eigenvalue weighted by Gasteiger charge is -2.31. The number of hydrogen-bond acceptors (Lipinski definition) is 4. The molecule has 0 bridgehead atoms. The van der Waals surface area contributed by atoms with Crippen LogP contribution in [0.4, 0.5) is 0 Å².